The third-order valence-corrected chi connectivity index (χ3v) is 3.40. The predicted octanol–water partition coefficient (Wildman–Crippen LogP) is 1.10. The number of ether oxygens (including phenoxy) is 1. The van der Waals surface area contributed by atoms with Gasteiger partial charge in [0, 0.05) is 31.9 Å². The van der Waals surface area contributed by atoms with Crippen LogP contribution in [0, 0.1) is 11.3 Å². The summed E-state index contributed by atoms with van der Waals surface area (Å²) in [6, 6.07) is 7.33. The first-order valence-electron chi connectivity index (χ1n) is 6.21. The topological polar surface area (TPSA) is 56.6 Å². The summed E-state index contributed by atoms with van der Waals surface area (Å²) >= 11 is 0. The normalized spacial score (nSPS) is 15.9. The summed E-state index contributed by atoms with van der Waals surface area (Å²) in [5.41, 5.74) is 1.65. The molecule has 0 aliphatic carbocycles. The zero-order valence-electron chi connectivity index (χ0n) is 11.2. The number of hydrogen-bond acceptors (Lipinski definition) is 5. The smallest absolute Gasteiger partial charge is 0.339 e. The maximum absolute atomic E-state index is 11.7. The van der Waals surface area contributed by atoms with Crippen molar-refractivity contribution in [3.63, 3.8) is 0 Å². The van der Waals surface area contributed by atoms with Crippen molar-refractivity contribution in [3.8, 4) is 6.07 Å². The number of piperazine rings is 1. The van der Waals surface area contributed by atoms with E-state index < -0.39 is 5.97 Å². The highest BCUT2D eigenvalue weighted by molar-refractivity contribution is 5.93. The van der Waals surface area contributed by atoms with Crippen LogP contribution >= 0.6 is 0 Å². The number of esters is 1. The Morgan fingerprint density at radius 3 is 2.58 bits per heavy atom. The van der Waals surface area contributed by atoms with Gasteiger partial charge in [-0.1, -0.05) is 0 Å². The van der Waals surface area contributed by atoms with Crippen molar-refractivity contribution in [1.29, 1.82) is 5.26 Å². The first kappa shape index (κ1) is 13.4. The van der Waals surface area contributed by atoms with Crippen LogP contribution in [0.2, 0.25) is 0 Å². The summed E-state index contributed by atoms with van der Waals surface area (Å²) in [5, 5.41) is 9.02. The van der Waals surface area contributed by atoms with E-state index in [4.69, 9.17) is 10.00 Å². The Morgan fingerprint density at radius 1 is 1.32 bits per heavy atom. The van der Waals surface area contributed by atoms with Crippen molar-refractivity contribution in [3.05, 3.63) is 29.3 Å². The van der Waals surface area contributed by atoms with Gasteiger partial charge in [0.25, 0.3) is 0 Å². The van der Waals surface area contributed by atoms with E-state index in [1.807, 2.05) is 12.1 Å². The van der Waals surface area contributed by atoms with Crippen LogP contribution < -0.4 is 4.90 Å². The number of nitrogens with zero attached hydrogens (tertiary/aromatic N) is 3. The van der Waals surface area contributed by atoms with E-state index in [1.54, 1.807) is 12.1 Å². The fourth-order valence-corrected chi connectivity index (χ4v) is 2.17. The van der Waals surface area contributed by atoms with E-state index in [9.17, 15) is 4.79 Å². The molecule has 100 valence electrons. The summed E-state index contributed by atoms with van der Waals surface area (Å²) in [4.78, 5) is 16.2. The molecule has 0 bridgehead atoms. The molecule has 1 aromatic rings. The molecule has 1 aliphatic heterocycles. The lowest BCUT2D eigenvalue weighted by molar-refractivity contribution is 0.0600. The molecule has 1 aromatic carbocycles. The average molecular weight is 259 g/mol. The van der Waals surface area contributed by atoms with E-state index in [1.165, 1.54) is 7.11 Å². The highest BCUT2D eigenvalue weighted by Gasteiger charge is 2.18. The molecule has 5 nitrogen and oxygen atoms in total. The van der Waals surface area contributed by atoms with Gasteiger partial charge < -0.3 is 14.5 Å². The number of rotatable bonds is 2. The average Bonchev–Trinajstić information content (AvgIpc) is 2.46. The number of likely N-dealkylation sites (N-methyl/N-ethyl adjacent to an activating group) is 1. The van der Waals surface area contributed by atoms with Crippen LogP contribution in [-0.2, 0) is 4.74 Å². The molecular weight excluding hydrogens is 242 g/mol. The molecule has 0 unspecified atom stereocenters. The maximum atomic E-state index is 11.7. The Morgan fingerprint density at radius 2 is 2.00 bits per heavy atom. The van der Waals surface area contributed by atoms with Crippen molar-refractivity contribution >= 4 is 11.7 Å². The van der Waals surface area contributed by atoms with Crippen LogP contribution in [-0.4, -0.2) is 51.2 Å². The number of benzene rings is 1. The summed E-state index contributed by atoms with van der Waals surface area (Å²) in [6.45, 7) is 3.83. The monoisotopic (exact) mass is 259 g/mol. The van der Waals surface area contributed by atoms with Crippen molar-refractivity contribution in [2.45, 2.75) is 0 Å². The lowest BCUT2D eigenvalue weighted by atomic mass is 10.1. The largest absolute Gasteiger partial charge is 0.465 e. The van der Waals surface area contributed by atoms with Gasteiger partial charge in [0.2, 0.25) is 0 Å². The molecule has 0 atom stereocenters. The van der Waals surface area contributed by atoms with Gasteiger partial charge in [0.15, 0.2) is 0 Å². The van der Waals surface area contributed by atoms with E-state index in [0.29, 0.717) is 11.1 Å². The van der Waals surface area contributed by atoms with Gasteiger partial charge >= 0.3 is 5.97 Å². The lowest BCUT2D eigenvalue weighted by Crippen LogP contribution is -2.44. The summed E-state index contributed by atoms with van der Waals surface area (Å²) in [6.07, 6.45) is 0. The third-order valence-electron chi connectivity index (χ3n) is 3.40. The summed E-state index contributed by atoms with van der Waals surface area (Å²) in [5.74, 6) is -0.465. The van der Waals surface area contributed by atoms with E-state index in [2.05, 4.69) is 16.8 Å². The van der Waals surface area contributed by atoms with Gasteiger partial charge in [-0.25, -0.2) is 4.79 Å². The molecule has 0 saturated carbocycles. The van der Waals surface area contributed by atoms with Crippen LogP contribution in [0.5, 0.6) is 0 Å². The highest BCUT2D eigenvalue weighted by Crippen LogP contribution is 2.21. The summed E-state index contributed by atoms with van der Waals surface area (Å²) in [7, 11) is 3.42. The minimum absolute atomic E-state index is 0.335. The molecule has 1 aliphatic rings. The molecule has 19 heavy (non-hydrogen) atoms. The second kappa shape index (κ2) is 5.72. The maximum Gasteiger partial charge on any atom is 0.339 e. The molecule has 1 heterocycles. The molecule has 0 N–H and O–H groups in total. The van der Waals surface area contributed by atoms with Crippen LogP contribution in [0.1, 0.15) is 15.9 Å². The van der Waals surface area contributed by atoms with Gasteiger partial charge in [-0.15, -0.1) is 0 Å². The molecule has 0 aromatic heterocycles. The minimum Gasteiger partial charge on any atom is -0.465 e. The number of carbonyl (C=O) groups is 1. The van der Waals surface area contributed by atoms with Crippen molar-refractivity contribution in [1.82, 2.24) is 4.90 Å². The van der Waals surface area contributed by atoms with Crippen LogP contribution in [0.25, 0.3) is 0 Å². The van der Waals surface area contributed by atoms with Crippen LogP contribution in [0.3, 0.4) is 0 Å². The molecule has 2 rings (SSSR count). The Labute approximate surface area is 113 Å². The first-order chi connectivity index (χ1) is 9.15. The number of nitriles is 1. The van der Waals surface area contributed by atoms with E-state index >= 15 is 0 Å². The minimum atomic E-state index is -0.465. The van der Waals surface area contributed by atoms with E-state index in [-0.39, 0.29) is 0 Å². The van der Waals surface area contributed by atoms with Crippen molar-refractivity contribution in [2.75, 3.05) is 45.2 Å². The zero-order chi connectivity index (χ0) is 13.8. The van der Waals surface area contributed by atoms with Crippen molar-refractivity contribution < 1.29 is 9.53 Å². The Bertz CT molecular complexity index is 514. The number of anilines is 1. The number of hydrogen-bond donors (Lipinski definition) is 0. The fraction of sp³-hybridized carbons (Fsp3) is 0.429. The first-order valence-corrected chi connectivity index (χ1v) is 6.21. The molecular formula is C14H17N3O2. The Kier molecular flexibility index (Phi) is 4.03. The highest BCUT2D eigenvalue weighted by atomic mass is 16.5. The van der Waals surface area contributed by atoms with Gasteiger partial charge in [-0.2, -0.15) is 5.26 Å². The second-order valence-electron chi connectivity index (χ2n) is 4.62. The zero-order valence-corrected chi connectivity index (χ0v) is 11.2. The van der Waals surface area contributed by atoms with E-state index in [0.717, 1.165) is 31.9 Å². The molecule has 1 saturated heterocycles. The third kappa shape index (κ3) is 2.85. The van der Waals surface area contributed by atoms with Gasteiger partial charge in [-0.05, 0) is 25.2 Å². The Hall–Kier alpha value is -2.06. The van der Waals surface area contributed by atoms with Gasteiger partial charge in [-0.3, -0.25) is 0 Å². The second-order valence-corrected chi connectivity index (χ2v) is 4.62. The molecule has 1 fully saturated rings. The number of carbonyl (C=O) groups excluding carboxylic acids is 1. The van der Waals surface area contributed by atoms with Crippen LogP contribution in [0.15, 0.2) is 18.2 Å². The molecule has 5 heteroatoms. The summed E-state index contributed by atoms with van der Waals surface area (Å²) < 4.78 is 4.72. The fourth-order valence-electron chi connectivity index (χ4n) is 2.17. The van der Waals surface area contributed by atoms with Gasteiger partial charge in [0.05, 0.1) is 18.2 Å². The lowest BCUT2D eigenvalue weighted by Gasteiger charge is -2.34. The molecule has 0 radical (unpaired) electrons. The predicted molar refractivity (Wildman–Crippen MR) is 72.2 cm³/mol. The quantitative estimate of drug-likeness (QED) is 0.744. The standard InChI is InChI=1S/C14H17N3O2/c1-16-5-7-17(8-6-16)12-4-3-11(10-15)13(9-12)14(18)19-2/h3-4,9H,5-8H2,1-2H3. The molecule has 0 amide bonds. The van der Waals surface area contributed by atoms with Gasteiger partial charge in [0.1, 0.15) is 6.07 Å². The SMILES string of the molecule is COC(=O)c1cc(N2CCN(C)CC2)ccc1C#N. The van der Waals surface area contributed by atoms with Crippen LogP contribution in [0.4, 0.5) is 5.69 Å². The molecule has 0 spiro atoms. The number of methoxy groups -OCH3 is 1. The van der Waals surface area contributed by atoms with Crippen molar-refractivity contribution in [2.24, 2.45) is 0 Å². The Balaban J connectivity index is 2.28.